The van der Waals surface area contributed by atoms with Gasteiger partial charge in [0.1, 0.15) is 0 Å². The van der Waals surface area contributed by atoms with Gasteiger partial charge in [0, 0.05) is 38.9 Å². The summed E-state index contributed by atoms with van der Waals surface area (Å²) in [5.41, 5.74) is 12.1. The van der Waals surface area contributed by atoms with Gasteiger partial charge in [-0.25, -0.2) is 0 Å². The molecule has 2 nitrogen and oxygen atoms in total. The lowest BCUT2D eigenvalue weighted by Gasteiger charge is -2.26. The summed E-state index contributed by atoms with van der Waals surface area (Å²) in [5.74, 6) is 0. The van der Waals surface area contributed by atoms with Gasteiger partial charge < -0.3 is 9.47 Å². The molecular formula is C48H34N2. The molecule has 9 aromatic carbocycles. The lowest BCUT2D eigenvalue weighted by Crippen LogP contribution is -2.09. The molecule has 0 amide bonds. The average Bonchev–Trinajstić information content (AvgIpc) is 3.50. The van der Waals surface area contributed by atoms with E-state index in [0.29, 0.717) is 0 Å². The minimum absolute atomic E-state index is 1.13. The zero-order valence-corrected chi connectivity index (χ0v) is 28.1. The van der Waals surface area contributed by atoms with Gasteiger partial charge in [-0.1, -0.05) is 120 Å². The maximum Gasteiger partial charge on any atom is 0.0620 e. The number of nitrogens with zero attached hydrogens (tertiary/aromatic N) is 2. The van der Waals surface area contributed by atoms with Crippen LogP contribution < -0.4 is 4.90 Å². The summed E-state index contributed by atoms with van der Waals surface area (Å²) >= 11 is 0. The summed E-state index contributed by atoms with van der Waals surface area (Å²) in [4.78, 5) is 2.34. The summed E-state index contributed by atoms with van der Waals surface area (Å²) in [6.07, 6.45) is 0. The number of aromatic nitrogens is 1. The number of hydrogen-bond acceptors (Lipinski definition) is 1. The molecule has 10 aromatic rings. The Morgan fingerprint density at radius 2 is 0.980 bits per heavy atom. The molecule has 0 radical (unpaired) electrons. The Balaban J connectivity index is 1.17. The molecule has 1 aromatic heterocycles. The number of fused-ring (bicyclic) bond motifs is 4. The molecule has 10 rings (SSSR count). The Morgan fingerprint density at radius 1 is 0.420 bits per heavy atom. The average molecular weight is 639 g/mol. The van der Waals surface area contributed by atoms with Crippen LogP contribution in [-0.2, 0) is 0 Å². The van der Waals surface area contributed by atoms with Crippen LogP contribution in [0.1, 0.15) is 11.1 Å². The predicted molar refractivity (Wildman–Crippen MR) is 214 cm³/mol. The Hall–Kier alpha value is -6.38. The lowest BCUT2D eigenvalue weighted by atomic mass is 9.89. The van der Waals surface area contributed by atoms with Crippen LogP contribution in [0.25, 0.3) is 70.9 Å². The van der Waals surface area contributed by atoms with Crippen LogP contribution >= 0.6 is 0 Å². The second-order valence-corrected chi connectivity index (χ2v) is 13.5. The normalized spacial score (nSPS) is 11.8. The molecule has 0 saturated carbocycles. The third kappa shape index (κ3) is 4.35. The molecule has 236 valence electrons. The van der Waals surface area contributed by atoms with Crippen LogP contribution in [-0.4, -0.2) is 4.57 Å². The summed E-state index contributed by atoms with van der Waals surface area (Å²) in [7, 11) is 0. The van der Waals surface area contributed by atoms with Crippen LogP contribution in [0.3, 0.4) is 0 Å². The van der Waals surface area contributed by atoms with E-state index >= 15 is 0 Å². The van der Waals surface area contributed by atoms with E-state index < -0.39 is 0 Å². The molecule has 0 aliphatic heterocycles. The zero-order valence-electron chi connectivity index (χ0n) is 28.1. The van der Waals surface area contributed by atoms with Gasteiger partial charge >= 0.3 is 0 Å². The van der Waals surface area contributed by atoms with E-state index in [1.54, 1.807) is 0 Å². The summed E-state index contributed by atoms with van der Waals surface area (Å²) in [6.45, 7) is 4.27. The van der Waals surface area contributed by atoms with Gasteiger partial charge in [-0.3, -0.25) is 0 Å². The molecule has 0 fully saturated rings. The van der Waals surface area contributed by atoms with Gasteiger partial charge in [0.15, 0.2) is 0 Å². The van der Waals surface area contributed by atoms with Crippen LogP contribution in [0.15, 0.2) is 170 Å². The first-order chi connectivity index (χ1) is 24.6. The largest absolute Gasteiger partial charge is 0.311 e. The number of para-hydroxylation sites is 2. The molecule has 0 bridgehead atoms. The Labute approximate surface area is 291 Å². The zero-order chi connectivity index (χ0) is 33.3. The number of rotatable bonds is 5. The molecule has 0 saturated heterocycles. The number of benzene rings is 9. The fourth-order valence-corrected chi connectivity index (χ4v) is 8.05. The van der Waals surface area contributed by atoms with E-state index in [-0.39, 0.29) is 0 Å². The Morgan fingerprint density at radius 3 is 1.68 bits per heavy atom. The molecule has 50 heavy (non-hydrogen) atoms. The van der Waals surface area contributed by atoms with Crippen molar-refractivity contribution in [1.82, 2.24) is 4.57 Å². The minimum atomic E-state index is 1.13. The second-order valence-electron chi connectivity index (χ2n) is 13.5. The maximum atomic E-state index is 2.45. The maximum absolute atomic E-state index is 2.45. The SMILES string of the molecule is Cc1ccc(N(c2ccc(C)cc2)c2ccc(-c3ccc4ccc5cc6c7ccccc7n(-c7ccccc7)c6c6ccc3c4c56)cc2)cc1. The molecule has 0 spiro atoms. The van der Waals surface area contributed by atoms with Crippen LogP contribution in [0.2, 0.25) is 0 Å². The fourth-order valence-electron chi connectivity index (χ4n) is 8.05. The first-order valence-corrected chi connectivity index (χ1v) is 17.4. The quantitative estimate of drug-likeness (QED) is 0.170. The molecule has 0 atom stereocenters. The molecule has 1 heterocycles. The highest BCUT2D eigenvalue weighted by Gasteiger charge is 2.20. The van der Waals surface area contributed by atoms with Crippen molar-refractivity contribution in [2.24, 2.45) is 0 Å². The smallest absolute Gasteiger partial charge is 0.0620 e. The van der Waals surface area contributed by atoms with Gasteiger partial charge in [-0.15, -0.1) is 0 Å². The first-order valence-electron chi connectivity index (χ1n) is 17.4. The van der Waals surface area contributed by atoms with Gasteiger partial charge in [-0.2, -0.15) is 0 Å². The predicted octanol–water partition coefficient (Wildman–Crippen LogP) is 13.4. The Kier molecular flexibility index (Phi) is 6.34. The molecular weight excluding hydrogens is 605 g/mol. The van der Waals surface area contributed by atoms with Gasteiger partial charge in [-0.05, 0) is 113 Å². The van der Waals surface area contributed by atoms with Crippen molar-refractivity contribution in [3.8, 4) is 16.8 Å². The summed E-state index contributed by atoms with van der Waals surface area (Å²) in [6, 6.07) is 62.5. The molecule has 0 aliphatic rings. The van der Waals surface area contributed by atoms with Crippen LogP contribution in [0, 0.1) is 13.8 Å². The fraction of sp³-hybridized carbons (Fsp3) is 0.0417. The minimum Gasteiger partial charge on any atom is -0.311 e. The van der Waals surface area contributed by atoms with Crippen molar-refractivity contribution in [1.29, 1.82) is 0 Å². The van der Waals surface area contributed by atoms with Crippen LogP contribution in [0.4, 0.5) is 17.1 Å². The molecule has 0 aliphatic carbocycles. The van der Waals surface area contributed by atoms with E-state index in [0.717, 1.165) is 17.1 Å². The van der Waals surface area contributed by atoms with Crippen molar-refractivity contribution in [2.45, 2.75) is 13.8 Å². The number of aryl methyl sites for hydroxylation is 2. The Bertz CT molecular complexity index is 2800. The van der Waals surface area contributed by atoms with Crippen molar-refractivity contribution in [3.05, 3.63) is 181 Å². The number of hydrogen-bond donors (Lipinski definition) is 0. The molecule has 0 unspecified atom stereocenters. The van der Waals surface area contributed by atoms with Crippen molar-refractivity contribution in [2.75, 3.05) is 4.90 Å². The first kappa shape index (κ1) is 28.6. The molecule has 0 N–H and O–H groups in total. The van der Waals surface area contributed by atoms with E-state index in [9.17, 15) is 0 Å². The van der Waals surface area contributed by atoms with Crippen molar-refractivity contribution >= 4 is 71.2 Å². The third-order valence-corrected chi connectivity index (χ3v) is 10.4. The monoisotopic (exact) mass is 638 g/mol. The summed E-state index contributed by atoms with van der Waals surface area (Å²) < 4.78 is 2.45. The van der Waals surface area contributed by atoms with Crippen molar-refractivity contribution < 1.29 is 0 Å². The third-order valence-electron chi connectivity index (χ3n) is 10.4. The highest BCUT2D eigenvalue weighted by molar-refractivity contribution is 6.32. The van der Waals surface area contributed by atoms with Gasteiger partial charge in [0.25, 0.3) is 0 Å². The van der Waals surface area contributed by atoms with E-state index in [2.05, 4.69) is 193 Å². The lowest BCUT2D eigenvalue weighted by molar-refractivity contribution is 1.19. The topological polar surface area (TPSA) is 8.17 Å². The molecule has 2 heteroatoms. The van der Waals surface area contributed by atoms with Crippen molar-refractivity contribution in [3.63, 3.8) is 0 Å². The van der Waals surface area contributed by atoms with E-state index in [1.165, 1.54) is 82.1 Å². The van der Waals surface area contributed by atoms with Gasteiger partial charge in [0.2, 0.25) is 0 Å². The van der Waals surface area contributed by atoms with Crippen LogP contribution in [0.5, 0.6) is 0 Å². The standard InChI is InChI=1S/C48H34N2/c1-31-12-21-37(22-13-31)49(38-23-14-32(2)15-24-38)39-25-18-33(19-26-39)40-27-20-34-16-17-35-30-44-41-10-6-7-11-45(41)50(36-8-4-3-5-9-36)48(44)43-29-28-42(40)46(34)47(35)43/h3-30H,1-2H3. The van der Waals surface area contributed by atoms with E-state index in [1.807, 2.05) is 0 Å². The van der Waals surface area contributed by atoms with E-state index in [4.69, 9.17) is 0 Å². The summed E-state index contributed by atoms with van der Waals surface area (Å²) in [5, 5.41) is 10.3. The highest BCUT2D eigenvalue weighted by atomic mass is 15.1. The highest BCUT2D eigenvalue weighted by Crippen LogP contribution is 2.45. The number of anilines is 3. The van der Waals surface area contributed by atoms with Gasteiger partial charge in [0.05, 0.1) is 11.0 Å². The second kappa shape index (κ2) is 11.1.